The van der Waals surface area contributed by atoms with E-state index in [9.17, 15) is 9.18 Å². The van der Waals surface area contributed by atoms with E-state index in [-0.39, 0.29) is 6.42 Å². The Balaban J connectivity index is 1.86. The van der Waals surface area contributed by atoms with Gasteiger partial charge in [0.1, 0.15) is 11.9 Å². The average Bonchev–Trinajstić information content (AvgIpc) is 2.55. The highest BCUT2D eigenvalue weighted by Gasteiger charge is 2.13. The zero-order chi connectivity index (χ0) is 17.1. The standard InChI is InChI=1S/C20H16BrFO2/c1-13(22)10-16-4-2-3-5-19(16)24-20(23)17-7-6-15-12-18(21)9-8-14(15)11-17/h2-9,11-13H,10H2,1H3/t13-/m1/s1. The van der Waals surface area contributed by atoms with Crippen LogP contribution in [0.25, 0.3) is 10.8 Å². The van der Waals surface area contributed by atoms with Crippen LogP contribution < -0.4 is 4.74 Å². The molecule has 0 aromatic heterocycles. The summed E-state index contributed by atoms with van der Waals surface area (Å²) in [4.78, 5) is 12.4. The van der Waals surface area contributed by atoms with Gasteiger partial charge < -0.3 is 4.74 Å². The summed E-state index contributed by atoms with van der Waals surface area (Å²) in [5, 5.41) is 1.99. The molecule has 0 amide bonds. The van der Waals surface area contributed by atoms with E-state index < -0.39 is 12.1 Å². The third-order valence-corrected chi connectivity index (χ3v) is 4.21. The van der Waals surface area contributed by atoms with Crippen LogP contribution in [0.4, 0.5) is 4.39 Å². The number of fused-ring (bicyclic) bond motifs is 1. The molecule has 0 spiro atoms. The number of halogens is 2. The van der Waals surface area contributed by atoms with Crippen LogP contribution in [0.3, 0.4) is 0 Å². The Kier molecular flexibility index (Phi) is 4.95. The number of hydrogen-bond donors (Lipinski definition) is 0. The third-order valence-electron chi connectivity index (χ3n) is 3.71. The van der Waals surface area contributed by atoms with Crippen LogP contribution in [0.1, 0.15) is 22.8 Å². The highest BCUT2D eigenvalue weighted by atomic mass is 79.9. The van der Waals surface area contributed by atoms with Crippen molar-refractivity contribution in [3.63, 3.8) is 0 Å². The van der Waals surface area contributed by atoms with Crippen molar-refractivity contribution in [2.45, 2.75) is 19.5 Å². The quantitative estimate of drug-likeness (QED) is 0.423. The first-order valence-corrected chi connectivity index (χ1v) is 8.46. The summed E-state index contributed by atoms with van der Waals surface area (Å²) in [6.45, 7) is 1.49. The van der Waals surface area contributed by atoms with Gasteiger partial charge in [-0.3, -0.25) is 0 Å². The first-order valence-electron chi connectivity index (χ1n) is 7.66. The van der Waals surface area contributed by atoms with E-state index >= 15 is 0 Å². The summed E-state index contributed by atoms with van der Waals surface area (Å²) in [6.07, 6.45) is -0.779. The molecule has 0 aliphatic heterocycles. The molecule has 4 heteroatoms. The lowest BCUT2D eigenvalue weighted by Gasteiger charge is -2.11. The van der Waals surface area contributed by atoms with E-state index in [4.69, 9.17) is 4.74 Å². The topological polar surface area (TPSA) is 26.3 Å². The summed E-state index contributed by atoms with van der Waals surface area (Å²) in [7, 11) is 0. The number of para-hydroxylation sites is 1. The predicted molar refractivity (Wildman–Crippen MR) is 97.3 cm³/mol. The molecule has 24 heavy (non-hydrogen) atoms. The molecule has 0 saturated heterocycles. The third kappa shape index (κ3) is 3.82. The molecule has 3 rings (SSSR count). The monoisotopic (exact) mass is 386 g/mol. The van der Waals surface area contributed by atoms with Gasteiger partial charge in [-0.05, 0) is 53.6 Å². The first-order chi connectivity index (χ1) is 11.5. The van der Waals surface area contributed by atoms with Crippen LogP contribution in [0.15, 0.2) is 65.1 Å². The van der Waals surface area contributed by atoms with Gasteiger partial charge in [-0.2, -0.15) is 0 Å². The molecular formula is C20H16BrFO2. The smallest absolute Gasteiger partial charge is 0.343 e. The summed E-state index contributed by atoms with van der Waals surface area (Å²) in [5.74, 6) is -0.0401. The van der Waals surface area contributed by atoms with Crippen LogP contribution in [0, 0.1) is 0 Å². The molecule has 0 saturated carbocycles. The van der Waals surface area contributed by atoms with Crippen LogP contribution in [0.2, 0.25) is 0 Å². The molecule has 0 heterocycles. The highest BCUT2D eigenvalue weighted by Crippen LogP contribution is 2.24. The molecule has 0 bridgehead atoms. The van der Waals surface area contributed by atoms with Gasteiger partial charge in [0.15, 0.2) is 0 Å². The van der Waals surface area contributed by atoms with Crippen LogP contribution in [0.5, 0.6) is 5.75 Å². The molecule has 0 N–H and O–H groups in total. The van der Waals surface area contributed by atoms with Gasteiger partial charge in [0, 0.05) is 10.9 Å². The Morgan fingerprint density at radius 3 is 2.58 bits per heavy atom. The van der Waals surface area contributed by atoms with E-state index in [0.29, 0.717) is 16.9 Å². The van der Waals surface area contributed by atoms with E-state index in [1.54, 1.807) is 30.3 Å². The normalized spacial score (nSPS) is 12.1. The Morgan fingerprint density at radius 1 is 1.08 bits per heavy atom. The number of ether oxygens (including phenoxy) is 1. The van der Waals surface area contributed by atoms with E-state index in [2.05, 4.69) is 15.9 Å². The molecule has 0 radical (unpaired) electrons. The van der Waals surface area contributed by atoms with Crippen LogP contribution in [-0.4, -0.2) is 12.1 Å². The van der Waals surface area contributed by atoms with Gasteiger partial charge >= 0.3 is 5.97 Å². The minimum Gasteiger partial charge on any atom is -0.423 e. The number of carbonyl (C=O) groups excluding carboxylic acids is 1. The lowest BCUT2D eigenvalue weighted by Crippen LogP contribution is -2.11. The predicted octanol–water partition coefficient (Wildman–Crippen LogP) is 5.72. The highest BCUT2D eigenvalue weighted by molar-refractivity contribution is 9.10. The second-order valence-corrected chi connectivity index (χ2v) is 6.60. The summed E-state index contributed by atoms with van der Waals surface area (Å²) >= 11 is 3.43. The minimum atomic E-state index is -0.996. The molecule has 1 atom stereocenters. The molecule has 2 nitrogen and oxygen atoms in total. The number of esters is 1. The summed E-state index contributed by atoms with van der Waals surface area (Å²) in [6, 6.07) is 18.3. The lowest BCUT2D eigenvalue weighted by atomic mass is 10.1. The van der Waals surface area contributed by atoms with Crippen molar-refractivity contribution in [1.82, 2.24) is 0 Å². The Hall–Kier alpha value is -2.20. The van der Waals surface area contributed by atoms with Gasteiger partial charge in [0.2, 0.25) is 0 Å². The van der Waals surface area contributed by atoms with Crippen molar-refractivity contribution in [1.29, 1.82) is 0 Å². The van der Waals surface area contributed by atoms with Crippen molar-refractivity contribution in [2.75, 3.05) is 0 Å². The van der Waals surface area contributed by atoms with Crippen molar-refractivity contribution in [3.05, 3.63) is 76.3 Å². The number of hydrogen-bond acceptors (Lipinski definition) is 2. The molecule has 3 aromatic rings. The fourth-order valence-electron chi connectivity index (χ4n) is 2.58. The Morgan fingerprint density at radius 2 is 1.79 bits per heavy atom. The van der Waals surface area contributed by atoms with Gasteiger partial charge in [0.25, 0.3) is 0 Å². The van der Waals surface area contributed by atoms with Crippen LogP contribution in [-0.2, 0) is 6.42 Å². The Labute approximate surface area is 148 Å². The minimum absolute atomic E-state index is 0.217. The number of carbonyl (C=O) groups is 1. The molecule has 0 aliphatic rings. The second-order valence-electron chi connectivity index (χ2n) is 5.69. The number of benzene rings is 3. The van der Waals surface area contributed by atoms with Gasteiger partial charge in [0.05, 0.1) is 5.56 Å². The van der Waals surface area contributed by atoms with Crippen molar-refractivity contribution in [2.24, 2.45) is 0 Å². The van der Waals surface area contributed by atoms with Gasteiger partial charge in [-0.25, -0.2) is 9.18 Å². The summed E-state index contributed by atoms with van der Waals surface area (Å²) in [5.41, 5.74) is 1.15. The van der Waals surface area contributed by atoms with E-state index in [1.165, 1.54) is 6.92 Å². The fraction of sp³-hybridized carbons (Fsp3) is 0.150. The molecule has 0 fully saturated rings. The molecule has 0 aliphatic carbocycles. The zero-order valence-corrected chi connectivity index (χ0v) is 14.7. The Bertz CT molecular complexity index is 890. The van der Waals surface area contributed by atoms with E-state index in [1.807, 2.05) is 30.3 Å². The van der Waals surface area contributed by atoms with E-state index in [0.717, 1.165) is 15.2 Å². The molecule has 122 valence electrons. The lowest BCUT2D eigenvalue weighted by molar-refractivity contribution is 0.0732. The van der Waals surface area contributed by atoms with Crippen molar-refractivity contribution in [3.8, 4) is 5.75 Å². The molecule has 0 unspecified atom stereocenters. The first kappa shape index (κ1) is 16.7. The molecular weight excluding hydrogens is 371 g/mol. The summed E-state index contributed by atoms with van der Waals surface area (Å²) < 4.78 is 19.8. The maximum absolute atomic E-state index is 13.3. The number of rotatable bonds is 4. The van der Waals surface area contributed by atoms with Gasteiger partial charge in [-0.1, -0.05) is 46.3 Å². The van der Waals surface area contributed by atoms with Crippen molar-refractivity contribution >= 4 is 32.7 Å². The van der Waals surface area contributed by atoms with Crippen molar-refractivity contribution < 1.29 is 13.9 Å². The average molecular weight is 387 g/mol. The fourth-order valence-corrected chi connectivity index (χ4v) is 2.96. The molecule has 3 aromatic carbocycles. The van der Waals surface area contributed by atoms with Crippen LogP contribution >= 0.6 is 15.9 Å². The number of alkyl halides is 1. The zero-order valence-electron chi connectivity index (χ0n) is 13.1. The SMILES string of the molecule is C[C@@H](F)Cc1ccccc1OC(=O)c1ccc2cc(Br)ccc2c1. The maximum Gasteiger partial charge on any atom is 0.343 e. The largest absolute Gasteiger partial charge is 0.423 e. The maximum atomic E-state index is 13.3. The second kappa shape index (κ2) is 7.14. The van der Waals surface area contributed by atoms with Gasteiger partial charge in [-0.15, -0.1) is 0 Å².